The number of pyridine rings is 1. The predicted octanol–water partition coefficient (Wildman–Crippen LogP) is 1.32. The molecule has 1 saturated heterocycles. The maximum absolute atomic E-state index is 12.6. The molecule has 2 aromatic heterocycles. The highest BCUT2D eigenvalue weighted by atomic mass is 16.5. The molecule has 0 radical (unpaired) electrons. The highest BCUT2D eigenvalue weighted by Gasteiger charge is 2.29. The lowest BCUT2D eigenvalue weighted by atomic mass is 10.0. The molecule has 1 aliphatic heterocycles. The maximum Gasteiger partial charge on any atom is 0.251 e. The molecule has 0 saturated carbocycles. The second-order valence-corrected chi connectivity index (χ2v) is 5.79. The fourth-order valence-electron chi connectivity index (χ4n) is 2.80. The zero-order valence-electron chi connectivity index (χ0n) is 13.4. The van der Waals surface area contributed by atoms with E-state index in [1.54, 1.807) is 30.5 Å². The van der Waals surface area contributed by atoms with Crippen LogP contribution in [-0.2, 0) is 4.74 Å². The second-order valence-electron chi connectivity index (χ2n) is 5.79. The van der Waals surface area contributed by atoms with Gasteiger partial charge in [-0.25, -0.2) is 4.98 Å². The van der Waals surface area contributed by atoms with Gasteiger partial charge in [0.1, 0.15) is 17.1 Å². The molecule has 128 valence electrons. The predicted molar refractivity (Wildman–Crippen MR) is 89.2 cm³/mol. The molecule has 1 aliphatic rings. The van der Waals surface area contributed by atoms with E-state index in [9.17, 15) is 4.79 Å². The number of aromatic nitrogens is 4. The van der Waals surface area contributed by atoms with Crippen molar-refractivity contribution >= 4 is 16.9 Å². The SMILES string of the molecule is O=C(N[C@@H]1CCOC[C@H]1Oc1ccccn1)c1ccc2n[nH]nc2c1. The number of hydrogen-bond donors (Lipinski definition) is 2. The van der Waals surface area contributed by atoms with Crippen LogP contribution in [0.15, 0.2) is 42.6 Å². The minimum Gasteiger partial charge on any atom is -0.470 e. The first-order valence-corrected chi connectivity index (χ1v) is 8.06. The van der Waals surface area contributed by atoms with Gasteiger partial charge in [-0.3, -0.25) is 4.79 Å². The van der Waals surface area contributed by atoms with Crippen LogP contribution in [0.2, 0.25) is 0 Å². The Balaban J connectivity index is 1.47. The zero-order chi connectivity index (χ0) is 17.1. The Bertz CT molecular complexity index is 867. The van der Waals surface area contributed by atoms with Crippen molar-refractivity contribution in [2.24, 2.45) is 0 Å². The van der Waals surface area contributed by atoms with Gasteiger partial charge in [-0.1, -0.05) is 6.07 Å². The summed E-state index contributed by atoms with van der Waals surface area (Å²) in [5, 5.41) is 13.6. The summed E-state index contributed by atoms with van der Waals surface area (Å²) in [5.41, 5.74) is 1.91. The maximum atomic E-state index is 12.6. The summed E-state index contributed by atoms with van der Waals surface area (Å²) in [4.78, 5) is 16.8. The van der Waals surface area contributed by atoms with E-state index in [0.29, 0.717) is 36.6 Å². The van der Waals surface area contributed by atoms with Gasteiger partial charge in [0.05, 0.1) is 12.6 Å². The third-order valence-electron chi connectivity index (χ3n) is 4.11. The third kappa shape index (κ3) is 3.43. The van der Waals surface area contributed by atoms with Crippen molar-refractivity contribution in [2.45, 2.75) is 18.6 Å². The number of carbonyl (C=O) groups is 1. The van der Waals surface area contributed by atoms with Gasteiger partial charge in [-0.15, -0.1) is 0 Å². The van der Waals surface area contributed by atoms with Crippen LogP contribution in [0.3, 0.4) is 0 Å². The van der Waals surface area contributed by atoms with Gasteiger partial charge in [0.2, 0.25) is 5.88 Å². The summed E-state index contributed by atoms with van der Waals surface area (Å²) in [7, 11) is 0. The summed E-state index contributed by atoms with van der Waals surface area (Å²) < 4.78 is 11.4. The molecule has 2 N–H and O–H groups in total. The van der Waals surface area contributed by atoms with Crippen LogP contribution in [0.1, 0.15) is 16.8 Å². The van der Waals surface area contributed by atoms with Crippen LogP contribution < -0.4 is 10.1 Å². The molecular weight excluding hydrogens is 322 g/mol. The van der Waals surface area contributed by atoms with Crippen LogP contribution in [0.4, 0.5) is 0 Å². The zero-order valence-corrected chi connectivity index (χ0v) is 13.4. The molecule has 3 aromatic rings. The van der Waals surface area contributed by atoms with Crippen molar-refractivity contribution in [2.75, 3.05) is 13.2 Å². The van der Waals surface area contributed by atoms with Crippen LogP contribution >= 0.6 is 0 Å². The fourth-order valence-corrected chi connectivity index (χ4v) is 2.80. The van der Waals surface area contributed by atoms with Crippen molar-refractivity contribution < 1.29 is 14.3 Å². The summed E-state index contributed by atoms with van der Waals surface area (Å²) in [6.07, 6.45) is 2.05. The normalized spacial score (nSPS) is 20.3. The van der Waals surface area contributed by atoms with E-state index in [4.69, 9.17) is 9.47 Å². The Morgan fingerprint density at radius 3 is 3.04 bits per heavy atom. The topological polar surface area (TPSA) is 102 Å². The lowest BCUT2D eigenvalue weighted by molar-refractivity contribution is -0.0152. The van der Waals surface area contributed by atoms with E-state index in [0.717, 1.165) is 5.52 Å². The average Bonchev–Trinajstić information content (AvgIpc) is 3.12. The first kappa shape index (κ1) is 15.5. The first-order chi connectivity index (χ1) is 12.3. The summed E-state index contributed by atoms with van der Waals surface area (Å²) in [6.45, 7) is 0.985. The molecular formula is C17H17N5O3. The molecule has 4 rings (SSSR count). The van der Waals surface area contributed by atoms with E-state index in [1.807, 2.05) is 12.1 Å². The molecule has 0 bridgehead atoms. The van der Waals surface area contributed by atoms with E-state index in [-0.39, 0.29) is 18.1 Å². The standard InChI is InChI=1S/C17H17N5O3/c23-17(11-4-5-12-14(9-11)21-22-20-12)19-13-6-8-24-10-15(13)25-16-3-1-2-7-18-16/h1-5,7,9,13,15H,6,8,10H2,(H,19,23)(H,20,21,22)/t13-,15-/m1/s1. The Morgan fingerprint density at radius 1 is 1.24 bits per heavy atom. The molecule has 1 fully saturated rings. The average molecular weight is 339 g/mol. The summed E-state index contributed by atoms with van der Waals surface area (Å²) >= 11 is 0. The number of carbonyl (C=O) groups excluding carboxylic acids is 1. The van der Waals surface area contributed by atoms with E-state index in [2.05, 4.69) is 25.7 Å². The minimum absolute atomic E-state index is 0.156. The molecule has 8 heteroatoms. The third-order valence-corrected chi connectivity index (χ3v) is 4.11. The molecule has 25 heavy (non-hydrogen) atoms. The van der Waals surface area contributed by atoms with Gasteiger partial charge in [-0.05, 0) is 30.7 Å². The lowest BCUT2D eigenvalue weighted by Crippen LogP contribution is -2.51. The molecule has 3 heterocycles. The number of H-pyrrole nitrogens is 1. The van der Waals surface area contributed by atoms with Gasteiger partial charge in [0, 0.05) is 24.4 Å². The van der Waals surface area contributed by atoms with Crippen LogP contribution in [-0.4, -0.2) is 51.7 Å². The number of fused-ring (bicyclic) bond motifs is 1. The van der Waals surface area contributed by atoms with Crippen molar-refractivity contribution in [3.05, 3.63) is 48.2 Å². The molecule has 0 unspecified atom stereocenters. The van der Waals surface area contributed by atoms with Gasteiger partial charge >= 0.3 is 0 Å². The van der Waals surface area contributed by atoms with E-state index in [1.165, 1.54) is 0 Å². The van der Waals surface area contributed by atoms with Gasteiger partial charge in [0.15, 0.2) is 0 Å². The first-order valence-electron chi connectivity index (χ1n) is 8.06. The van der Waals surface area contributed by atoms with Crippen molar-refractivity contribution in [1.29, 1.82) is 0 Å². The van der Waals surface area contributed by atoms with E-state index < -0.39 is 0 Å². The number of nitrogens with one attached hydrogen (secondary N) is 2. The molecule has 2 atom stereocenters. The number of benzene rings is 1. The molecule has 1 aromatic carbocycles. The summed E-state index contributed by atoms with van der Waals surface area (Å²) in [6, 6.07) is 10.5. The highest BCUT2D eigenvalue weighted by molar-refractivity contribution is 5.97. The van der Waals surface area contributed by atoms with Gasteiger partial charge in [0.25, 0.3) is 5.91 Å². The fraction of sp³-hybridized carbons (Fsp3) is 0.294. The van der Waals surface area contributed by atoms with Crippen LogP contribution in [0.5, 0.6) is 5.88 Å². The number of hydrogen-bond acceptors (Lipinski definition) is 6. The molecule has 1 amide bonds. The van der Waals surface area contributed by atoms with Crippen molar-refractivity contribution in [3.63, 3.8) is 0 Å². The van der Waals surface area contributed by atoms with Gasteiger partial charge in [-0.2, -0.15) is 15.4 Å². The Morgan fingerprint density at radius 2 is 2.16 bits per heavy atom. The largest absolute Gasteiger partial charge is 0.470 e. The molecule has 0 aliphatic carbocycles. The number of ether oxygens (including phenoxy) is 2. The van der Waals surface area contributed by atoms with Crippen molar-refractivity contribution in [3.8, 4) is 5.88 Å². The van der Waals surface area contributed by atoms with Crippen molar-refractivity contribution in [1.82, 2.24) is 25.7 Å². The quantitative estimate of drug-likeness (QED) is 0.743. The lowest BCUT2D eigenvalue weighted by Gasteiger charge is -2.32. The Labute approximate surface area is 143 Å². The number of aromatic amines is 1. The number of nitrogens with zero attached hydrogens (tertiary/aromatic N) is 3. The summed E-state index contributed by atoms with van der Waals surface area (Å²) in [5.74, 6) is 0.340. The highest BCUT2D eigenvalue weighted by Crippen LogP contribution is 2.17. The van der Waals surface area contributed by atoms with Gasteiger partial charge < -0.3 is 14.8 Å². The van der Waals surface area contributed by atoms with E-state index >= 15 is 0 Å². The molecule has 0 spiro atoms. The second kappa shape index (κ2) is 6.86. The minimum atomic E-state index is -0.289. The monoisotopic (exact) mass is 339 g/mol. The number of rotatable bonds is 4. The van der Waals surface area contributed by atoms with Crippen LogP contribution in [0, 0.1) is 0 Å². The Kier molecular flexibility index (Phi) is 4.26. The smallest absolute Gasteiger partial charge is 0.251 e. The Hall–Kier alpha value is -3.00. The number of amides is 1. The van der Waals surface area contributed by atoms with Crippen LogP contribution in [0.25, 0.3) is 11.0 Å². The molecule has 8 nitrogen and oxygen atoms in total.